The molecule has 0 heterocycles. The minimum Gasteiger partial charge on any atom is -0.312 e. The lowest BCUT2D eigenvalue weighted by atomic mass is 10.1. The summed E-state index contributed by atoms with van der Waals surface area (Å²) in [6.45, 7) is 0. The highest BCUT2D eigenvalue weighted by molar-refractivity contribution is 8.93. The third-order valence-corrected chi connectivity index (χ3v) is 1.78. The first kappa shape index (κ1) is 13.7. The maximum atomic E-state index is 12.1. The summed E-state index contributed by atoms with van der Waals surface area (Å²) in [5.41, 5.74) is 3.85. The molecule has 1 unspecified atom stereocenters. The Labute approximate surface area is 94.8 Å². The van der Waals surface area contributed by atoms with Crippen LogP contribution in [0.4, 0.5) is 13.2 Å². The Hall–Kier alpha value is -0.260. The summed E-state index contributed by atoms with van der Waals surface area (Å²) in [5.74, 6) is 0. The average molecular weight is 291 g/mol. The van der Waals surface area contributed by atoms with E-state index in [-0.39, 0.29) is 22.5 Å². The third kappa shape index (κ3) is 3.48. The lowest BCUT2D eigenvalue weighted by Crippen LogP contribution is -2.08. The van der Waals surface area contributed by atoms with Gasteiger partial charge in [0.25, 0.3) is 0 Å². The van der Waals surface area contributed by atoms with Gasteiger partial charge in [0.15, 0.2) is 0 Å². The van der Waals surface area contributed by atoms with Gasteiger partial charge in [0, 0.05) is 0 Å². The van der Waals surface area contributed by atoms with Crippen LogP contribution in [0.25, 0.3) is 0 Å². The monoisotopic (exact) mass is 289 g/mol. The molecule has 14 heavy (non-hydrogen) atoms. The van der Waals surface area contributed by atoms with Crippen molar-refractivity contribution in [1.82, 2.24) is 0 Å². The van der Waals surface area contributed by atoms with Gasteiger partial charge < -0.3 is 5.73 Å². The van der Waals surface area contributed by atoms with E-state index in [2.05, 4.69) is 0 Å². The topological polar surface area (TPSA) is 26.0 Å². The number of halogens is 5. The Kier molecular flexibility index (Phi) is 4.91. The fourth-order valence-electron chi connectivity index (χ4n) is 0.887. The normalized spacial score (nSPS) is 13.2. The van der Waals surface area contributed by atoms with Crippen molar-refractivity contribution in [3.63, 3.8) is 0 Å². The third-order valence-electron chi connectivity index (χ3n) is 1.53. The number of nitrogens with two attached hydrogens (primary N) is 1. The fourth-order valence-corrected chi connectivity index (χ4v) is 1.02. The number of benzene rings is 1. The van der Waals surface area contributed by atoms with Crippen LogP contribution in [0.5, 0.6) is 0 Å². The van der Waals surface area contributed by atoms with E-state index in [1.807, 2.05) is 0 Å². The Morgan fingerprint density at radius 3 is 2.29 bits per heavy atom. The van der Waals surface area contributed by atoms with Gasteiger partial charge in [-0.1, -0.05) is 12.1 Å². The molecule has 0 aliphatic rings. The molecule has 0 saturated heterocycles. The Bertz CT molecular complexity index is 301. The van der Waals surface area contributed by atoms with E-state index in [0.29, 0.717) is 0 Å². The Morgan fingerprint density at radius 2 is 1.86 bits per heavy atom. The Balaban J connectivity index is 0.00000169. The molecule has 6 heteroatoms. The smallest absolute Gasteiger partial charge is 0.312 e. The standard InChI is InChI=1S/C8H7ClF3N.BrH/c9-7(13)5-2-1-3-6(4-5)8(10,11)12;/h1-4,7H,13H2;1H. The quantitative estimate of drug-likeness (QED) is 0.622. The number of alkyl halides is 4. The van der Waals surface area contributed by atoms with Crippen molar-refractivity contribution in [3.8, 4) is 0 Å². The van der Waals surface area contributed by atoms with Crippen LogP contribution in [0, 0.1) is 0 Å². The summed E-state index contributed by atoms with van der Waals surface area (Å²) < 4.78 is 36.4. The highest BCUT2D eigenvalue weighted by atomic mass is 79.9. The van der Waals surface area contributed by atoms with E-state index >= 15 is 0 Å². The zero-order valence-electron chi connectivity index (χ0n) is 6.88. The molecule has 0 bridgehead atoms. The molecule has 80 valence electrons. The van der Waals surface area contributed by atoms with Gasteiger partial charge in [-0.3, -0.25) is 0 Å². The molecule has 0 aromatic heterocycles. The van der Waals surface area contributed by atoms with Gasteiger partial charge in [0.05, 0.1) is 5.56 Å². The first-order chi connectivity index (χ1) is 5.91. The summed E-state index contributed by atoms with van der Waals surface area (Å²) in [4.78, 5) is 0. The van der Waals surface area contributed by atoms with Crippen molar-refractivity contribution in [2.24, 2.45) is 5.73 Å². The highest BCUT2D eigenvalue weighted by Gasteiger charge is 2.30. The highest BCUT2D eigenvalue weighted by Crippen LogP contribution is 2.30. The van der Waals surface area contributed by atoms with Crippen molar-refractivity contribution in [1.29, 1.82) is 0 Å². The maximum Gasteiger partial charge on any atom is 0.416 e. The molecule has 0 spiro atoms. The van der Waals surface area contributed by atoms with Crippen LogP contribution >= 0.6 is 28.6 Å². The maximum absolute atomic E-state index is 12.1. The minimum atomic E-state index is -4.35. The van der Waals surface area contributed by atoms with Crippen molar-refractivity contribution < 1.29 is 13.2 Å². The first-order valence-electron chi connectivity index (χ1n) is 3.48. The predicted molar refractivity (Wildman–Crippen MR) is 54.5 cm³/mol. The van der Waals surface area contributed by atoms with Crippen LogP contribution in [-0.2, 0) is 6.18 Å². The van der Waals surface area contributed by atoms with E-state index in [9.17, 15) is 13.2 Å². The van der Waals surface area contributed by atoms with Crippen LogP contribution in [0.2, 0.25) is 0 Å². The molecule has 1 rings (SSSR count). The van der Waals surface area contributed by atoms with Crippen LogP contribution in [-0.4, -0.2) is 0 Å². The summed E-state index contributed by atoms with van der Waals surface area (Å²) in [6.07, 6.45) is -4.35. The lowest BCUT2D eigenvalue weighted by molar-refractivity contribution is -0.137. The second kappa shape index (κ2) is 5.00. The van der Waals surface area contributed by atoms with Crippen molar-refractivity contribution >= 4 is 28.6 Å². The average Bonchev–Trinajstić information content (AvgIpc) is 2.03. The zero-order chi connectivity index (χ0) is 10.1. The lowest BCUT2D eigenvalue weighted by Gasteiger charge is -2.09. The summed E-state index contributed by atoms with van der Waals surface area (Å²) >= 11 is 5.44. The van der Waals surface area contributed by atoms with Gasteiger partial charge >= 0.3 is 6.18 Å². The summed E-state index contributed by atoms with van der Waals surface area (Å²) in [5, 5.41) is 0. The van der Waals surface area contributed by atoms with E-state index < -0.39 is 17.2 Å². The van der Waals surface area contributed by atoms with E-state index in [1.54, 1.807) is 0 Å². The van der Waals surface area contributed by atoms with Gasteiger partial charge in [-0.05, 0) is 17.7 Å². The van der Waals surface area contributed by atoms with Gasteiger partial charge in [0.2, 0.25) is 0 Å². The van der Waals surface area contributed by atoms with E-state index in [4.69, 9.17) is 17.3 Å². The van der Waals surface area contributed by atoms with Crippen LogP contribution in [0.3, 0.4) is 0 Å². The number of rotatable bonds is 1. The van der Waals surface area contributed by atoms with Crippen molar-refractivity contribution in [2.45, 2.75) is 11.7 Å². The molecular formula is C8H8BrClF3N. The van der Waals surface area contributed by atoms with E-state index in [0.717, 1.165) is 12.1 Å². The first-order valence-corrected chi connectivity index (χ1v) is 3.91. The molecule has 1 aromatic carbocycles. The second-order valence-corrected chi connectivity index (χ2v) is 3.00. The Morgan fingerprint density at radius 1 is 1.29 bits per heavy atom. The van der Waals surface area contributed by atoms with Gasteiger partial charge in [-0.2, -0.15) is 13.2 Å². The molecule has 0 aliphatic carbocycles. The van der Waals surface area contributed by atoms with E-state index in [1.165, 1.54) is 12.1 Å². The minimum absolute atomic E-state index is 0. The molecule has 0 aliphatic heterocycles. The molecule has 0 saturated carbocycles. The van der Waals surface area contributed by atoms with Crippen LogP contribution in [0.1, 0.15) is 16.6 Å². The number of hydrogen-bond donors (Lipinski definition) is 1. The molecule has 0 radical (unpaired) electrons. The van der Waals surface area contributed by atoms with Gasteiger partial charge in [0.1, 0.15) is 5.50 Å². The summed E-state index contributed by atoms with van der Waals surface area (Å²) in [7, 11) is 0. The molecule has 1 nitrogen and oxygen atoms in total. The van der Waals surface area contributed by atoms with Crippen molar-refractivity contribution in [2.75, 3.05) is 0 Å². The molecule has 1 atom stereocenters. The largest absolute Gasteiger partial charge is 0.416 e. The van der Waals surface area contributed by atoms with Crippen LogP contribution in [0.15, 0.2) is 24.3 Å². The SMILES string of the molecule is Br.NC(Cl)c1cccc(C(F)(F)F)c1. The fraction of sp³-hybridized carbons (Fsp3) is 0.250. The molecule has 1 aromatic rings. The molecule has 2 N–H and O–H groups in total. The second-order valence-electron chi connectivity index (χ2n) is 2.52. The number of hydrogen-bond acceptors (Lipinski definition) is 1. The predicted octanol–water partition coefficient (Wildman–Crippen LogP) is 3.48. The molecule has 0 amide bonds. The van der Waals surface area contributed by atoms with Crippen molar-refractivity contribution in [3.05, 3.63) is 35.4 Å². The summed E-state index contributed by atoms with van der Waals surface area (Å²) in [6, 6.07) is 4.65. The van der Waals surface area contributed by atoms with Gasteiger partial charge in [-0.25, -0.2) is 0 Å². The molecule has 0 fully saturated rings. The molecular weight excluding hydrogens is 282 g/mol. The van der Waals surface area contributed by atoms with Crippen LogP contribution < -0.4 is 5.73 Å². The van der Waals surface area contributed by atoms with Gasteiger partial charge in [-0.15, -0.1) is 28.6 Å². The zero-order valence-corrected chi connectivity index (χ0v) is 9.35.